The minimum atomic E-state index is -3.81. The van der Waals surface area contributed by atoms with E-state index in [0.29, 0.717) is 45.3 Å². The van der Waals surface area contributed by atoms with Crippen molar-refractivity contribution in [1.29, 1.82) is 0 Å². The summed E-state index contributed by atoms with van der Waals surface area (Å²) in [7, 11) is -3.81. The fourth-order valence-electron chi connectivity index (χ4n) is 4.32. The lowest BCUT2D eigenvalue weighted by molar-refractivity contribution is -0.138. The maximum Gasteiger partial charge on any atom is 0.243 e. The third kappa shape index (κ3) is 5.33. The summed E-state index contributed by atoms with van der Waals surface area (Å²) >= 11 is 0. The second-order valence-corrected chi connectivity index (χ2v) is 10.3. The maximum atomic E-state index is 13.8. The molecular formula is C23H25F3N2O4S. The molecule has 0 radical (unpaired) electrons. The molecule has 2 heterocycles. The molecule has 0 bridgehead atoms. The number of nitrogens with zero attached hydrogens (tertiary/aromatic N) is 2. The Kier molecular flexibility index (Phi) is 6.94. The van der Waals surface area contributed by atoms with Gasteiger partial charge in [0.15, 0.2) is 11.6 Å². The highest BCUT2D eigenvalue weighted by atomic mass is 32.2. The summed E-state index contributed by atoms with van der Waals surface area (Å²) in [5, 5.41) is 0. The minimum Gasteiger partial charge on any atom is -0.487 e. The molecule has 1 atom stereocenters. The van der Waals surface area contributed by atoms with Gasteiger partial charge in [0.05, 0.1) is 10.8 Å². The van der Waals surface area contributed by atoms with Gasteiger partial charge in [-0.2, -0.15) is 4.31 Å². The molecule has 0 N–H and O–H groups in total. The molecule has 6 nitrogen and oxygen atoms in total. The second-order valence-electron chi connectivity index (χ2n) is 8.37. The van der Waals surface area contributed by atoms with E-state index < -0.39 is 33.4 Å². The molecule has 2 fully saturated rings. The van der Waals surface area contributed by atoms with Crippen LogP contribution in [0.1, 0.15) is 25.7 Å². The van der Waals surface area contributed by atoms with Gasteiger partial charge in [-0.05, 0) is 49.2 Å². The van der Waals surface area contributed by atoms with E-state index in [4.69, 9.17) is 4.74 Å². The third-order valence-corrected chi connectivity index (χ3v) is 8.01. The molecule has 0 saturated carbocycles. The van der Waals surface area contributed by atoms with Crippen LogP contribution in [0.15, 0.2) is 47.4 Å². The van der Waals surface area contributed by atoms with Gasteiger partial charge in [0.2, 0.25) is 15.9 Å². The molecule has 2 aromatic rings. The van der Waals surface area contributed by atoms with Gasteiger partial charge in [-0.25, -0.2) is 21.6 Å². The van der Waals surface area contributed by atoms with Crippen LogP contribution in [0, 0.1) is 23.4 Å². The Morgan fingerprint density at radius 2 is 1.58 bits per heavy atom. The summed E-state index contributed by atoms with van der Waals surface area (Å²) in [5.41, 5.74) is 0. The Morgan fingerprint density at radius 3 is 2.24 bits per heavy atom. The maximum absolute atomic E-state index is 13.8. The first-order valence-corrected chi connectivity index (χ1v) is 12.3. The number of hydrogen-bond donors (Lipinski definition) is 0. The number of benzene rings is 2. The van der Waals surface area contributed by atoms with Crippen LogP contribution in [0.3, 0.4) is 0 Å². The fourth-order valence-corrected chi connectivity index (χ4v) is 5.84. The number of carbonyl (C=O) groups is 1. The van der Waals surface area contributed by atoms with E-state index in [1.807, 2.05) is 0 Å². The standard InChI is InChI=1S/C23H25F3N2O4S/c24-17-3-6-20(7-4-17)33(30,31)28-11-1-2-16(15-28)23(29)27-12-9-19(10-13-27)32-22-8-5-18(25)14-21(22)26/h3-8,14,16,19H,1-2,9-13,15H2. The average Bonchev–Trinajstić information content (AvgIpc) is 2.81. The molecule has 2 aliphatic heterocycles. The SMILES string of the molecule is O=C(C1CCCN(S(=O)(=O)c2ccc(F)cc2)C1)N1CCC(Oc2ccc(F)cc2F)CC1. The quantitative estimate of drug-likeness (QED) is 0.654. The zero-order valence-corrected chi connectivity index (χ0v) is 18.7. The Bertz CT molecular complexity index is 1100. The number of amides is 1. The summed E-state index contributed by atoms with van der Waals surface area (Å²) < 4.78 is 72.8. The van der Waals surface area contributed by atoms with Crippen molar-refractivity contribution < 1.29 is 31.1 Å². The van der Waals surface area contributed by atoms with Crippen molar-refractivity contribution in [2.75, 3.05) is 26.2 Å². The minimum absolute atomic E-state index is 0.00277. The lowest BCUT2D eigenvalue weighted by Gasteiger charge is -2.37. The zero-order valence-electron chi connectivity index (χ0n) is 17.9. The van der Waals surface area contributed by atoms with Gasteiger partial charge in [-0.15, -0.1) is 0 Å². The number of halogens is 3. The van der Waals surface area contributed by atoms with Crippen molar-refractivity contribution in [2.24, 2.45) is 5.92 Å². The van der Waals surface area contributed by atoms with Crippen LogP contribution in [-0.4, -0.2) is 55.8 Å². The first-order valence-electron chi connectivity index (χ1n) is 10.9. The monoisotopic (exact) mass is 482 g/mol. The smallest absolute Gasteiger partial charge is 0.243 e. The van der Waals surface area contributed by atoms with E-state index in [2.05, 4.69) is 0 Å². The Morgan fingerprint density at radius 1 is 0.909 bits per heavy atom. The van der Waals surface area contributed by atoms with Crippen LogP contribution in [0.5, 0.6) is 5.75 Å². The highest BCUT2D eigenvalue weighted by Gasteiger charge is 2.36. The van der Waals surface area contributed by atoms with Crippen LogP contribution >= 0.6 is 0 Å². The molecule has 1 unspecified atom stereocenters. The van der Waals surface area contributed by atoms with Crippen molar-refractivity contribution >= 4 is 15.9 Å². The number of rotatable bonds is 5. The molecule has 10 heteroatoms. The van der Waals surface area contributed by atoms with Crippen molar-refractivity contribution in [3.05, 3.63) is 59.9 Å². The molecule has 33 heavy (non-hydrogen) atoms. The van der Waals surface area contributed by atoms with Crippen LogP contribution < -0.4 is 4.74 Å². The lowest BCUT2D eigenvalue weighted by atomic mass is 9.96. The Hall–Kier alpha value is -2.59. The predicted molar refractivity (Wildman–Crippen MR) is 114 cm³/mol. The van der Waals surface area contributed by atoms with Crippen LogP contribution in [0.4, 0.5) is 13.2 Å². The number of carbonyl (C=O) groups excluding carboxylic acids is 1. The molecule has 2 aromatic carbocycles. The lowest BCUT2D eigenvalue weighted by Crippen LogP contribution is -2.49. The van der Waals surface area contributed by atoms with Crippen molar-refractivity contribution in [2.45, 2.75) is 36.7 Å². The first kappa shape index (κ1) is 23.6. The highest BCUT2D eigenvalue weighted by molar-refractivity contribution is 7.89. The van der Waals surface area contributed by atoms with Gasteiger partial charge in [-0.1, -0.05) is 0 Å². The molecule has 1 amide bonds. The number of ether oxygens (including phenoxy) is 1. The largest absolute Gasteiger partial charge is 0.487 e. The number of likely N-dealkylation sites (tertiary alicyclic amines) is 1. The summed E-state index contributed by atoms with van der Waals surface area (Å²) in [6, 6.07) is 7.80. The van der Waals surface area contributed by atoms with E-state index in [1.54, 1.807) is 4.90 Å². The van der Waals surface area contributed by atoms with Crippen molar-refractivity contribution in [1.82, 2.24) is 9.21 Å². The summed E-state index contributed by atoms with van der Waals surface area (Å²) in [6.45, 7) is 1.21. The Labute approximate surface area is 191 Å². The Balaban J connectivity index is 1.34. The molecule has 0 aromatic heterocycles. The topological polar surface area (TPSA) is 66.9 Å². The van der Waals surface area contributed by atoms with Gasteiger partial charge < -0.3 is 9.64 Å². The van der Waals surface area contributed by atoms with Crippen molar-refractivity contribution in [3.63, 3.8) is 0 Å². The van der Waals surface area contributed by atoms with Gasteiger partial charge in [-0.3, -0.25) is 4.79 Å². The van der Waals surface area contributed by atoms with E-state index in [9.17, 15) is 26.4 Å². The van der Waals surface area contributed by atoms with Crippen LogP contribution in [-0.2, 0) is 14.8 Å². The van der Waals surface area contributed by atoms with Crippen LogP contribution in [0.2, 0.25) is 0 Å². The summed E-state index contributed by atoms with van der Waals surface area (Å²) in [4.78, 5) is 14.8. The van der Waals surface area contributed by atoms with Gasteiger partial charge in [0, 0.05) is 45.1 Å². The normalized spacial score (nSPS) is 20.6. The third-order valence-electron chi connectivity index (χ3n) is 6.13. The summed E-state index contributed by atoms with van der Waals surface area (Å²) in [5.74, 6) is -2.55. The first-order chi connectivity index (χ1) is 15.7. The number of hydrogen-bond acceptors (Lipinski definition) is 4. The second kappa shape index (κ2) is 9.72. The van der Waals surface area contributed by atoms with Crippen molar-refractivity contribution in [3.8, 4) is 5.75 Å². The van der Waals surface area contributed by atoms with E-state index in [1.165, 1.54) is 22.5 Å². The van der Waals surface area contributed by atoms with Gasteiger partial charge >= 0.3 is 0 Å². The molecule has 0 spiro atoms. The number of sulfonamides is 1. The van der Waals surface area contributed by atoms with Gasteiger partial charge in [0.1, 0.15) is 17.7 Å². The molecule has 2 aliphatic rings. The molecule has 4 rings (SSSR count). The van der Waals surface area contributed by atoms with Crippen LogP contribution in [0.25, 0.3) is 0 Å². The molecular weight excluding hydrogens is 457 g/mol. The molecule has 2 saturated heterocycles. The van der Waals surface area contributed by atoms with E-state index >= 15 is 0 Å². The fraction of sp³-hybridized carbons (Fsp3) is 0.435. The zero-order chi connectivity index (χ0) is 23.6. The predicted octanol–water partition coefficient (Wildman–Crippen LogP) is 3.57. The molecule has 0 aliphatic carbocycles. The van der Waals surface area contributed by atoms with E-state index in [-0.39, 0.29) is 29.2 Å². The summed E-state index contributed by atoms with van der Waals surface area (Å²) in [6.07, 6.45) is 1.83. The molecule has 178 valence electrons. The van der Waals surface area contributed by atoms with E-state index in [0.717, 1.165) is 24.3 Å². The number of piperidine rings is 2. The average molecular weight is 483 g/mol. The highest BCUT2D eigenvalue weighted by Crippen LogP contribution is 2.27. The van der Waals surface area contributed by atoms with Gasteiger partial charge in [0.25, 0.3) is 0 Å².